The molecule has 1 rings (SSSR count). The summed E-state index contributed by atoms with van der Waals surface area (Å²) in [5.74, 6) is 0.720. The lowest BCUT2D eigenvalue weighted by molar-refractivity contribution is 0.407. The molecule has 0 aliphatic rings. The van der Waals surface area contributed by atoms with Crippen molar-refractivity contribution in [3.8, 4) is 5.75 Å². The summed E-state index contributed by atoms with van der Waals surface area (Å²) in [5, 5.41) is 17.9. The second-order valence-corrected chi connectivity index (χ2v) is 3.19. The minimum atomic E-state index is -1.43. The van der Waals surface area contributed by atoms with Crippen LogP contribution in [0.1, 0.15) is 18.9 Å². The molecule has 0 heterocycles. The third-order valence-electron chi connectivity index (χ3n) is 2.13. The van der Waals surface area contributed by atoms with Gasteiger partial charge < -0.3 is 14.8 Å². The summed E-state index contributed by atoms with van der Waals surface area (Å²) in [6.45, 7) is 2.09. The molecule has 0 aromatic heterocycles. The molecule has 2 N–H and O–H groups in total. The van der Waals surface area contributed by atoms with E-state index in [9.17, 15) is 0 Å². The minimum absolute atomic E-state index is 0.460. The van der Waals surface area contributed by atoms with Crippen molar-refractivity contribution < 1.29 is 14.8 Å². The van der Waals surface area contributed by atoms with Gasteiger partial charge in [0, 0.05) is 0 Å². The van der Waals surface area contributed by atoms with E-state index in [0.717, 1.165) is 24.2 Å². The molecule has 0 fully saturated rings. The Hall–Kier alpha value is -0.995. The van der Waals surface area contributed by atoms with Crippen molar-refractivity contribution >= 4 is 12.6 Å². The third kappa shape index (κ3) is 2.50. The summed E-state index contributed by atoms with van der Waals surface area (Å²) in [5.41, 5.74) is 1.56. The summed E-state index contributed by atoms with van der Waals surface area (Å²) >= 11 is 0. The Bertz CT molecular complexity index is 299. The number of ether oxygens (including phenoxy) is 1. The lowest BCUT2D eigenvalue weighted by Gasteiger charge is -2.09. The number of hydrogen-bond acceptors (Lipinski definition) is 3. The van der Waals surface area contributed by atoms with Gasteiger partial charge in [0.15, 0.2) is 0 Å². The Balaban J connectivity index is 2.98. The first-order valence-electron chi connectivity index (χ1n) is 4.72. The molecule has 0 saturated heterocycles. The summed E-state index contributed by atoms with van der Waals surface area (Å²) < 4.78 is 5.17. The summed E-state index contributed by atoms with van der Waals surface area (Å²) in [6, 6.07) is 5.24. The van der Waals surface area contributed by atoms with Gasteiger partial charge in [-0.1, -0.05) is 25.5 Å². The molecule has 0 atom stereocenters. The highest BCUT2D eigenvalue weighted by Crippen LogP contribution is 2.17. The molecule has 1 aromatic carbocycles. The van der Waals surface area contributed by atoms with E-state index in [-0.39, 0.29) is 0 Å². The first-order chi connectivity index (χ1) is 6.69. The average molecular weight is 194 g/mol. The molecule has 0 saturated carbocycles. The van der Waals surface area contributed by atoms with Crippen LogP contribution in [0.15, 0.2) is 18.2 Å². The fourth-order valence-corrected chi connectivity index (χ4v) is 1.40. The van der Waals surface area contributed by atoms with Gasteiger partial charge in [0.05, 0.1) is 7.11 Å². The molecule has 14 heavy (non-hydrogen) atoms. The van der Waals surface area contributed by atoms with Gasteiger partial charge in [-0.15, -0.1) is 0 Å². The van der Waals surface area contributed by atoms with E-state index in [1.165, 1.54) is 0 Å². The number of hydrogen-bond donors (Lipinski definition) is 2. The van der Waals surface area contributed by atoms with Crippen molar-refractivity contribution in [1.29, 1.82) is 0 Å². The van der Waals surface area contributed by atoms with Crippen molar-refractivity contribution in [2.75, 3.05) is 7.11 Å². The van der Waals surface area contributed by atoms with Gasteiger partial charge in [-0.2, -0.15) is 0 Å². The Kier molecular flexibility index (Phi) is 3.98. The quantitative estimate of drug-likeness (QED) is 0.679. The van der Waals surface area contributed by atoms with Gasteiger partial charge in [0.1, 0.15) is 5.75 Å². The lowest BCUT2D eigenvalue weighted by atomic mass is 9.79. The number of rotatable bonds is 4. The predicted molar refractivity (Wildman–Crippen MR) is 56.8 cm³/mol. The van der Waals surface area contributed by atoms with Gasteiger partial charge in [0.2, 0.25) is 0 Å². The maximum Gasteiger partial charge on any atom is 0.488 e. The molecule has 0 aliphatic heterocycles. The molecular formula is C10H15BO3. The van der Waals surface area contributed by atoms with E-state index >= 15 is 0 Å². The molecule has 76 valence electrons. The van der Waals surface area contributed by atoms with Crippen LogP contribution in [0.4, 0.5) is 0 Å². The first-order valence-corrected chi connectivity index (χ1v) is 4.72. The van der Waals surface area contributed by atoms with E-state index in [2.05, 4.69) is 6.92 Å². The Labute approximate surface area is 84.5 Å². The van der Waals surface area contributed by atoms with Crippen LogP contribution in [-0.2, 0) is 6.42 Å². The van der Waals surface area contributed by atoms with Crippen molar-refractivity contribution in [3.05, 3.63) is 23.8 Å². The topological polar surface area (TPSA) is 49.7 Å². The predicted octanol–water partition coefficient (Wildman–Crippen LogP) is 0.328. The average Bonchev–Trinajstić information content (AvgIpc) is 2.18. The standard InChI is InChI=1S/C10H15BO3/c1-3-4-8-5-6-9(11(12)13)7-10(8)14-2/h5-7,12-13H,3-4H2,1-2H3. The summed E-state index contributed by atoms with van der Waals surface area (Å²) in [4.78, 5) is 0. The molecule has 1 aromatic rings. The number of aryl methyl sites for hydroxylation is 1. The first kappa shape index (κ1) is 11.1. The van der Waals surface area contributed by atoms with Gasteiger partial charge in [-0.25, -0.2) is 0 Å². The summed E-state index contributed by atoms with van der Waals surface area (Å²) in [7, 11) is 0.154. The van der Waals surface area contributed by atoms with Crippen molar-refractivity contribution in [3.63, 3.8) is 0 Å². The molecule has 0 unspecified atom stereocenters. The molecular weight excluding hydrogens is 179 g/mol. The zero-order chi connectivity index (χ0) is 10.6. The number of benzene rings is 1. The van der Waals surface area contributed by atoms with E-state index in [4.69, 9.17) is 14.8 Å². The highest BCUT2D eigenvalue weighted by Gasteiger charge is 2.13. The second-order valence-electron chi connectivity index (χ2n) is 3.19. The van der Waals surface area contributed by atoms with Crippen LogP contribution in [-0.4, -0.2) is 24.3 Å². The van der Waals surface area contributed by atoms with Gasteiger partial charge in [-0.3, -0.25) is 0 Å². The molecule has 0 spiro atoms. The molecule has 0 aliphatic carbocycles. The normalized spacial score (nSPS) is 10.0. The van der Waals surface area contributed by atoms with Crippen LogP contribution < -0.4 is 10.2 Å². The second kappa shape index (κ2) is 5.03. The van der Waals surface area contributed by atoms with Gasteiger partial charge >= 0.3 is 7.12 Å². The van der Waals surface area contributed by atoms with Crippen LogP contribution in [0.2, 0.25) is 0 Å². The Morgan fingerprint density at radius 1 is 1.36 bits per heavy atom. The zero-order valence-electron chi connectivity index (χ0n) is 8.53. The van der Waals surface area contributed by atoms with Gasteiger partial charge in [0.25, 0.3) is 0 Å². The maximum absolute atomic E-state index is 8.96. The molecule has 0 radical (unpaired) electrons. The smallest absolute Gasteiger partial charge is 0.488 e. The van der Waals surface area contributed by atoms with E-state index in [1.54, 1.807) is 19.2 Å². The van der Waals surface area contributed by atoms with Crippen LogP contribution in [0.25, 0.3) is 0 Å². The fourth-order valence-electron chi connectivity index (χ4n) is 1.40. The maximum atomic E-state index is 8.96. The zero-order valence-corrected chi connectivity index (χ0v) is 8.53. The fraction of sp³-hybridized carbons (Fsp3) is 0.400. The SMILES string of the molecule is CCCc1ccc(B(O)O)cc1OC. The van der Waals surface area contributed by atoms with Crippen LogP contribution in [0.5, 0.6) is 5.75 Å². The highest BCUT2D eigenvalue weighted by atomic mass is 16.5. The molecule has 0 bridgehead atoms. The van der Waals surface area contributed by atoms with Crippen LogP contribution >= 0.6 is 0 Å². The Morgan fingerprint density at radius 2 is 2.07 bits per heavy atom. The van der Waals surface area contributed by atoms with Crippen LogP contribution in [0, 0.1) is 0 Å². The summed E-state index contributed by atoms with van der Waals surface area (Å²) in [6.07, 6.45) is 1.97. The van der Waals surface area contributed by atoms with E-state index in [1.807, 2.05) is 6.07 Å². The largest absolute Gasteiger partial charge is 0.496 e. The van der Waals surface area contributed by atoms with Crippen molar-refractivity contribution in [2.24, 2.45) is 0 Å². The molecule has 3 nitrogen and oxygen atoms in total. The van der Waals surface area contributed by atoms with E-state index in [0.29, 0.717) is 5.46 Å². The van der Waals surface area contributed by atoms with Crippen molar-refractivity contribution in [1.82, 2.24) is 0 Å². The monoisotopic (exact) mass is 194 g/mol. The third-order valence-corrected chi connectivity index (χ3v) is 2.13. The molecule has 0 amide bonds. The number of methoxy groups -OCH3 is 1. The van der Waals surface area contributed by atoms with Gasteiger partial charge in [-0.05, 0) is 23.5 Å². The van der Waals surface area contributed by atoms with Crippen molar-refractivity contribution in [2.45, 2.75) is 19.8 Å². The highest BCUT2D eigenvalue weighted by molar-refractivity contribution is 6.58. The lowest BCUT2D eigenvalue weighted by Crippen LogP contribution is -2.29. The minimum Gasteiger partial charge on any atom is -0.496 e. The van der Waals surface area contributed by atoms with E-state index < -0.39 is 7.12 Å². The molecule has 4 heteroatoms. The Morgan fingerprint density at radius 3 is 2.57 bits per heavy atom. The van der Waals surface area contributed by atoms with Crippen LogP contribution in [0.3, 0.4) is 0 Å².